The molecule has 0 aliphatic carbocycles. The van der Waals surface area contributed by atoms with Crippen LogP contribution in [0.2, 0.25) is 0 Å². The Morgan fingerprint density at radius 3 is 2.42 bits per heavy atom. The molecule has 0 bridgehead atoms. The number of rotatable bonds is 8. The maximum atomic E-state index is 12.2. The Bertz CT molecular complexity index is 635. The van der Waals surface area contributed by atoms with Crippen molar-refractivity contribution in [2.24, 2.45) is 0 Å². The van der Waals surface area contributed by atoms with E-state index >= 15 is 0 Å². The molecule has 2 N–H and O–H groups in total. The maximum Gasteiger partial charge on any atom is 0.275 e. The average Bonchev–Trinajstić information content (AvgIpc) is 2.59. The summed E-state index contributed by atoms with van der Waals surface area (Å²) in [5.74, 6) is 0.916. The Labute approximate surface area is 143 Å². The summed E-state index contributed by atoms with van der Waals surface area (Å²) in [4.78, 5) is 20.6. The van der Waals surface area contributed by atoms with Gasteiger partial charge in [-0.1, -0.05) is 45.7 Å². The van der Waals surface area contributed by atoms with Crippen LogP contribution in [0.3, 0.4) is 0 Å². The van der Waals surface area contributed by atoms with Gasteiger partial charge in [-0.3, -0.25) is 4.79 Å². The minimum atomic E-state index is -0.252. The smallest absolute Gasteiger partial charge is 0.275 e. The second kappa shape index (κ2) is 9.01. The Morgan fingerprint density at radius 2 is 1.83 bits per heavy atom. The Balaban J connectivity index is 1.90. The van der Waals surface area contributed by atoms with E-state index < -0.39 is 0 Å². The van der Waals surface area contributed by atoms with Gasteiger partial charge in [-0.15, -0.1) is 0 Å². The highest BCUT2D eigenvalue weighted by Gasteiger charge is 2.09. The zero-order chi connectivity index (χ0) is 17.4. The first-order chi connectivity index (χ1) is 11.6. The molecule has 1 amide bonds. The van der Waals surface area contributed by atoms with E-state index in [0.29, 0.717) is 17.4 Å². The normalized spacial score (nSPS) is 10.7. The fourth-order valence-electron chi connectivity index (χ4n) is 2.27. The number of nitrogens with zero attached hydrogens (tertiary/aromatic N) is 2. The number of carbonyl (C=O) groups is 1. The summed E-state index contributed by atoms with van der Waals surface area (Å²) in [6, 6.07) is 7.86. The quantitative estimate of drug-likeness (QED) is 0.703. The lowest BCUT2D eigenvalue weighted by atomic mass is 10.0. The summed E-state index contributed by atoms with van der Waals surface area (Å²) >= 11 is 0. The second-order valence-electron chi connectivity index (χ2n) is 6.15. The first kappa shape index (κ1) is 17.9. The summed E-state index contributed by atoms with van der Waals surface area (Å²) in [5.41, 5.74) is 2.31. The van der Waals surface area contributed by atoms with Crippen molar-refractivity contribution >= 4 is 17.4 Å². The van der Waals surface area contributed by atoms with E-state index in [2.05, 4.69) is 41.4 Å². The molecular formula is C19H26N4O. The van der Waals surface area contributed by atoms with Gasteiger partial charge in [0, 0.05) is 12.2 Å². The average molecular weight is 326 g/mol. The van der Waals surface area contributed by atoms with Gasteiger partial charge < -0.3 is 10.6 Å². The van der Waals surface area contributed by atoms with Gasteiger partial charge in [0.15, 0.2) is 0 Å². The van der Waals surface area contributed by atoms with Gasteiger partial charge >= 0.3 is 0 Å². The molecule has 0 saturated heterocycles. The van der Waals surface area contributed by atoms with Gasteiger partial charge in [0.05, 0.1) is 12.4 Å². The molecule has 0 aliphatic heterocycles. The first-order valence-corrected chi connectivity index (χ1v) is 8.57. The molecule has 1 aromatic heterocycles. The van der Waals surface area contributed by atoms with Crippen molar-refractivity contribution in [3.8, 4) is 0 Å². The minimum absolute atomic E-state index is 0.252. The van der Waals surface area contributed by atoms with Crippen molar-refractivity contribution < 1.29 is 4.79 Å². The Kier molecular flexibility index (Phi) is 6.73. The van der Waals surface area contributed by atoms with Crippen LogP contribution in [-0.2, 0) is 0 Å². The molecule has 2 aromatic rings. The summed E-state index contributed by atoms with van der Waals surface area (Å²) in [6.45, 7) is 7.32. The lowest BCUT2D eigenvalue weighted by Gasteiger charge is -2.08. The number of unbranched alkanes of at least 4 members (excludes halogenated alkanes) is 2. The SMILES string of the molecule is CCCCCNc1cnc(C(=O)Nc2ccc(C(C)C)cc2)cn1. The van der Waals surface area contributed by atoms with Gasteiger partial charge in [-0.25, -0.2) is 9.97 Å². The van der Waals surface area contributed by atoms with E-state index in [1.54, 1.807) is 6.20 Å². The monoisotopic (exact) mass is 326 g/mol. The van der Waals surface area contributed by atoms with E-state index in [-0.39, 0.29) is 5.91 Å². The first-order valence-electron chi connectivity index (χ1n) is 8.57. The summed E-state index contributed by atoms with van der Waals surface area (Å²) < 4.78 is 0. The van der Waals surface area contributed by atoms with Crippen molar-refractivity contribution in [3.63, 3.8) is 0 Å². The topological polar surface area (TPSA) is 66.9 Å². The molecule has 5 heteroatoms. The zero-order valence-electron chi connectivity index (χ0n) is 14.7. The van der Waals surface area contributed by atoms with E-state index in [0.717, 1.165) is 18.7 Å². The lowest BCUT2D eigenvalue weighted by molar-refractivity contribution is 0.102. The zero-order valence-corrected chi connectivity index (χ0v) is 14.7. The lowest BCUT2D eigenvalue weighted by Crippen LogP contribution is -2.14. The molecule has 1 heterocycles. The van der Waals surface area contributed by atoms with Crippen molar-refractivity contribution in [2.75, 3.05) is 17.2 Å². The molecule has 0 fully saturated rings. The predicted octanol–water partition coefficient (Wildman–Crippen LogP) is 4.45. The Hall–Kier alpha value is -2.43. The van der Waals surface area contributed by atoms with Crippen LogP contribution in [0.1, 0.15) is 62.0 Å². The summed E-state index contributed by atoms with van der Waals surface area (Å²) in [5, 5.41) is 6.05. The van der Waals surface area contributed by atoms with Crippen LogP contribution < -0.4 is 10.6 Å². The number of aromatic nitrogens is 2. The minimum Gasteiger partial charge on any atom is -0.369 e. The molecule has 0 aliphatic rings. The highest BCUT2D eigenvalue weighted by Crippen LogP contribution is 2.17. The molecule has 128 valence electrons. The Morgan fingerprint density at radius 1 is 1.08 bits per heavy atom. The van der Waals surface area contributed by atoms with Gasteiger partial charge in [0.25, 0.3) is 5.91 Å². The van der Waals surface area contributed by atoms with Gasteiger partial charge in [0.1, 0.15) is 11.5 Å². The molecule has 24 heavy (non-hydrogen) atoms. The van der Waals surface area contributed by atoms with Gasteiger partial charge in [-0.2, -0.15) is 0 Å². The molecular weight excluding hydrogens is 300 g/mol. The van der Waals surface area contributed by atoms with Crippen LogP contribution >= 0.6 is 0 Å². The van der Waals surface area contributed by atoms with Crippen molar-refractivity contribution in [3.05, 3.63) is 47.9 Å². The van der Waals surface area contributed by atoms with E-state index in [1.807, 2.05) is 24.3 Å². The summed E-state index contributed by atoms with van der Waals surface area (Å²) in [6.07, 6.45) is 6.58. The van der Waals surface area contributed by atoms with Crippen LogP contribution in [0.5, 0.6) is 0 Å². The maximum absolute atomic E-state index is 12.2. The largest absolute Gasteiger partial charge is 0.369 e. The highest BCUT2D eigenvalue weighted by molar-refractivity contribution is 6.02. The number of hydrogen-bond acceptors (Lipinski definition) is 4. The molecule has 0 spiro atoms. The van der Waals surface area contributed by atoms with Crippen molar-refractivity contribution in [1.82, 2.24) is 9.97 Å². The molecule has 5 nitrogen and oxygen atoms in total. The second-order valence-corrected chi connectivity index (χ2v) is 6.15. The van der Waals surface area contributed by atoms with Crippen LogP contribution in [0.15, 0.2) is 36.7 Å². The number of nitrogens with one attached hydrogen (secondary N) is 2. The highest BCUT2D eigenvalue weighted by atomic mass is 16.1. The molecule has 0 unspecified atom stereocenters. The van der Waals surface area contributed by atoms with Crippen molar-refractivity contribution in [2.45, 2.75) is 46.0 Å². The predicted molar refractivity (Wildman–Crippen MR) is 98.5 cm³/mol. The van der Waals surface area contributed by atoms with E-state index in [1.165, 1.54) is 24.6 Å². The molecule has 1 aromatic carbocycles. The fourth-order valence-corrected chi connectivity index (χ4v) is 2.27. The van der Waals surface area contributed by atoms with Gasteiger partial charge in [-0.05, 0) is 30.0 Å². The molecule has 0 saturated carbocycles. The molecule has 2 rings (SSSR count). The molecule has 0 radical (unpaired) electrons. The third-order valence-corrected chi connectivity index (χ3v) is 3.81. The number of carbonyl (C=O) groups excluding carboxylic acids is 1. The number of benzene rings is 1. The van der Waals surface area contributed by atoms with E-state index in [4.69, 9.17) is 0 Å². The van der Waals surface area contributed by atoms with Crippen molar-refractivity contribution in [1.29, 1.82) is 0 Å². The summed E-state index contributed by atoms with van der Waals surface area (Å²) in [7, 11) is 0. The van der Waals surface area contributed by atoms with E-state index in [9.17, 15) is 4.79 Å². The van der Waals surface area contributed by atoms with Crippen LogP contribution in [0.25, 0.3) is 0 Å². The standard InChI is InChI=1S/C19H26N4O/c1-4-5-6-11-20-18-13-21-17(12-22-18)19(24)23-16-9-7-15(8-10-16)14(2)3/h7-10,12-14H,4-6,11H2,1-3H3,(H,20,22)(H,23,24). The number of amides is 1. The number of anilines is 2. The number of hydrogen-bond donors (Lipinski definition) is 2. The third kappa shape index (κ3) is 5.33. The third-order valence-electron chi connectivity index (χ3n) is 3.81. The van der Waals surface area contributed by atoms with Crippen LogP contribution in [0, 0.1) is 0 Å². The van der Waals surface area contributed by atoms with Crippen LogP contribution in [0.4, 0.5) is 11.5 Å². The van der Waals surface area contributed by atoms with Gasteiger partial charge in [0.2, 0.25) is 0 Å². The van der Waals surface area contributed by atoms with Crippen LogP contribution in [-0.4, -0.2) is 22.4 Å². The molecule has 0 atom stereocenters. The fraction of sp³-hybridized carbons (Fsp3) is 0.421.